The number of amides is 2. The summed E-state index contributed by atoms with van der Waals surface area (Å²) in [4.78, 5) is 23.8. The minimum atomic E-state index is -0.862. The molecule has 0 bridgehead atoms. The van der Waals surface area contributed by atoms with Gasteiger partial charge in [0.1, 0.15) is 11.5 Å². The molecule has 3 rings (SSSR count). The van der Waals surface area contributed by atoms with Crippen LogP contribution in [0, 0.1) is 0 Å². The first-order valence-corrected chi connectivity index (χ1v) is 8.97. The van der Waals surface area contributed by atoms with Crippen molar-refractivity contribution in [3.05, 3.63) is 66.1 Å². The molecule has 7 heteroatoms. The van der Waals surface area contributed by atoms with Gasteiger partial charge >= 0.3 is 11.8 Å². The van der Waals surface area contributed by atoms with E-state index < -0.39 is 11.8 Å². The van der Waals surface area contributed by atoms with Gasteiger partial charge in [-0.2, -0.15) is 5.10 Å². The number of fused-ring (bicyclic) bond motifs is 1. The van der Waals surface area contributed by atoms with Gasteiger partial charge in [0.15, 0.2) is 0 Å². The Labute approximate surface area is 162 Å². The van der Waals surface area contributed by atoms with E-state index in [2.05, 4.69) is 15.8 Å². The summed E-state index contributed by atoms with van der Waals surface area (Å²) in [6.45, 7) is 2.72. The minimum Gasteiger partial charge on any atom is -0.493 e. The quantitative estimate of drug-likeness (QED) is 0.375. The molecule has 1 aromatic heterocycles. The highest BCUT2D eigenvalue weighted by molar-refractivity contribution is 6.35. The third-order valence-electron chi connectivity index (χ3n) is 3.96. The number of carbonyl (C=O) groups excluding carboxylic acids is 2. The molecule has 0 fully saturated rings. The van der Waals surface area contributed by atoms with E-state index >= 15 is 0 Å². The molecule has 0 spiro atoms. The van der Waals surface area contributed by atoms with Crippen molar-refractivity contribution < 1.29 is 18.7 Å². The van der Waals surface area contributed by atoms with Crippen LogP contribution in [-0.4, -0.2) is 24.6 Å². The van der Waals surface area contributed by atoms with Crippen LogP contribution in [0.15, 0.2) is 64.3 Å². The van der Waals surface area contributed by atoms with Crippen molar-refractivity contribution in [2.24, 2.45) is 5.10 Å². The molecule has 2 aromatic carbocycles. The highest BCUT2D eigenvalue weighted by atomic mass is 16.5. The average Bonchev–Trinajstić information content (AvgIpc) is 3.24. The SMILES string of the molecule is CCCOc1ccc2ccccc2c1/C=N\NC(=O)C(=O)NCc1ccco1. The summed E-state index contributed by atoms with van der Waals surface area (Å²) < 4.78 is 10.9. The van der Waals surface area contributed by atoms with Gasteiger partial charge < -0.3 is 14.5 Å². The van der Waals surface area contributed by atoms with E-state index in [-0.39, 0.29) is 6.54 Å². The Morgan fingerprint density at radius 2 is 1.96 bits per heavy atom. The van der Waals surface area contributed by atoms with Crippen LogP contribution in [0.2, 0.25) is 0 Å². The van der Waals surface area contributed by atoms with Crippen molar-refractivity contribution in [1.82, 2.24) is 10.7 Å². The van der Waals surface area contributed by atoms with Gasteiger partial charge in [0, 0.05) is 5.56 Å². The molecule has 0 saturated carbocycles. The minimum absolute atomic E-state index is 0.126. The van der Waals surface area contributed by atoms with E-state index in [0.717, 1.165) is 22.8 Å². The Bertz CT molecular complexity index is 980. The molecule has 0 radical (unpaired) electrons. The van der Waals surface area contributed by atoms with Crippen molar-refractivity contribution in [3.63, 3.8) is 0 Å². The number of rotatable bonds is 7. The van der Waals surface area contributed by atoms with Crippen LogP contribution in [-0.2, 0) is 16.1 Å². The van der Waals surface area contributed by atoms with E-state index in [1.165, 1.54) is 12.5 Å². The average molecular weight is 379 g/mol. The molecule has 0 aliphatic carbocycles. The third-order valence-corrected chi connectivity index (χ3v) is 3.96. The molecule has 3 aromatic rings. The smallest absolute Gasteiger partial charge is 0.329 e. The van der Waals surface area contributed by atoms with Gasteiger partial charge in [-0.05, 0) is 35.4 Å². The Morgan fingerprint density at radius 3 is 2.75 bits per heavy atom. The maximum Gasteiger partial charge on any atom is 0.329 e. The predicted octanol–water partition coefficient (Wildman–Crippen LogP) is 2.99. The van der Waals surface area contributed by atoms with Crippen molar-refractivity contribution in [1.29, 1.82) is 0 Å². The largest absolute Gasteiger partial charge is 0.493 e. The molecule has 0 saturated heterocycles. The van der Waals surface area contributed by atoms with Crippen LogP contribution in [0.5, 0.6) is 5.75 Å². The summed E-state index contributed by atoms with van der Waals surface area (Å²) in [6, 6.07) is 15.0. The summed E-state index contributed by atoms with van der Waals surface area (Å²) in [7, 11) is 0. The molecule has 2 N–H and O–H groups in total. The van der Waals surface area contributed by atoms with Gasteiger partial charge in [-0.3, -0.25) is 9.59 Å². The number of nitrogens with zero attached hydrogens (tertiary/aromatic N) is 1. The number of ether oxygens (including phenoxy) is 1. The standard InChI is InChI=1S/C21H21N3O4/c1-2-11-28-19-10-9-15-6-3-4-8-17(15)18(19)14-23-24-21(26)20(25)22-13-16-7-5-12-27-16/h3-10,12,14H,2,11,13H2,1H3,(H,22,25)(H,24,26)/b23-14-. The molecule has 144 valence electrons. The summed E-state index contributed by atoms with van der Waals surface area (Å²) >= 11 is 0. The van der Waals surface area contributed by atoms with Crippen molar-refractivity contribution >= 4 is 28.8 Å². The fourth-order valence-electron chi connectivity index (χ4n) is 2.61. The number of nitrogens with one attached hydrogen (secondary N) is 2. The normalized spacial score (nSPS) is 10.9. The van der Waals surface area contributed by atoms with Crippen LogP contribution in [0.25, 0.3) is 10.8 Å². The van der Waals surface area contributed by atoms with Crippen LogP contribution >= 0.6 is 0 Å². The van der Waals surface area contributed by atoms with Crippen molar-refractivity contribution in [2.75, 3.05) is 6.61 Å². The number of benzene rings is 2. The first-order chi connectivity index (χ1) is 13.7. The molecular weight excluding hydrogens is 358 g/mol. The first kappa shape index (κ1) is 19.2. The molecular formula is C21H21N3O4. The lowest BCUT2D eigenvalue weighted by Gasteiger charge is -2.11. The lowest BCUT2D eigenvalue weighted by Crippen LogP contribution is -2.37. The van der Waals surface area contributed by atoms with Crippen molar-refractivity contribution in [2.45, 2.75) is 19.9 Å². The third kappa shape index (κ3) is 4.76. The van der Waals surface area contributed by atoms with Gasteiger partial charge in [0.25, 0.3) is 0 Å². The fourth-order valence-corrected chi connectivity index (χ4v) is 2.61. The zero-order valence-corrected chi connectivity index (χ0v) is 15.5. The number of hydrazone groups is 1. The number of carbonyl (C=O) groups is 2. The van der Waals surface area contributed by atoms with E-state index in [1.54, 1.807) is 12.1 Å². The van der Waals surface area contributed by atoms with Gasteiger partial charge in [-0.1, -0.05) is 37.3 Å². The monoisotopic (exact) mass is 379 g/mol. The second kappa shape index (κ2) is 9.36. The molecule has 7 nitrogen and oxygen atoms in total. The molecule has 0 aliphatic rings. The highest BCUT2D eigenvalue weighted by Gasteiger charge is 2.13. The van der Waals surface area contributed by atoms with Crippen LogP contribution < -0.4 is 15.5 Å². The fraction of sp³-hybridized carbons (Fsp3) is 0.190. The number of hydrogen-bond acceptors (Lipinski definition) is 5. The summed E-state index contributed by atoms with van der Waals surface area (Å²) in [5.41, 5.74) is 2.98. The Kier molecular flexibility index (Phi) is 6.41. The second-order valence-corrected chi connectivity index (χ2v) is 6.01. The Morgan fingerprint density at radius 1 is 1.11 bits per heavy atom. The van der Waals surface area contributed by atoms with Gasteiger partial charge in [0.2, 0.25) is 0 Å². The summed E-state index contributed by atoms with van der Waals surface area (Å²) in [5.74, 6) is -0.438. The molecule has 0 aliphatic heterocycles. The first-order valence-electron chi connectivity index (χ1n) is 8.97. The second-order valence-electron chi connectivity index (χ2n) is 6.01. The lowest BCUT2D eigenvalue weighted by atomic mass is 10.0. The van der Waals surface area contributed by atoms with E-state index in [0.29, 0.717) is 18.1 Å². The summed E-state index contributed by atoms with van der Waals surface area (Å²) in [6.07, 6.45) is 3.86. The Balaban J connectivity index is 1.69. The predicted molar refractivity (Wildman–Crippen MR) is 106 cm³/mol. The van der Waals surface area contributed by atoms with Crippen LogP contribution in [0.3, 0.4) is 0 Å². The van der Waals surface area contributed by atoms with Gasteiger partial charge in [-0.15, -0.1) is 0 Å². The number of furan rings is 1. The van der Waals surface area contributed by atoms with E-state index in [1.807, 2.05) is 43.3 Å². The molecule has 2 amide bonds. The van der Waals surface area contributed by atoms with Crippen molar-refractivity contribution in [3.8, 4) is 5.75 Å². The zero-order valence-electron chi connectivity index (χ0n) is 15.5. The molecule has 0 atom stereocenters. The van der Waals surface area contributed by atoms with Gasteiger partial charge in [-0.25, -0.2) is 5.43 Å². The van der Waals surface area contributed by atoms with E-state index in [4.69, 9.17) is 9.15 Å². The lowest BCUT2D eigenvalue weighted by molar-refractivity contribution is -0.139. The maximum atomic E-state index is 11.9. The Hall–Kier alpha value is -3.61. The maximum absolute atomic E-state index is 11.9. The number of hydrogen-bond donors (Lipinski definition) is 2. The topological polar surface area (TPSA) is 92.9 Å². The van der Waals surface area contributed by atoms with Crippen LogP contribution in [0.4, 0.5) is 0 Å². The molecule has 1 heterocycles. The van der Waals surface area contributed by atoms with Gasteiger partial charge in [0.05, 0.1) is 25.6 Å². The molecule has 0 unspecified atom stereocenters. The van der Waals surface area contributed by atoms with Crippen LogP contribution in [0.1, 0.15) is 24.7 Å². The molecule has 28 heavy (non-hydrogen) atoms. The van der Waals surface area contributed by atoms with E-state index in [9.17, 15) is 9.59 Å². The zero-order chi connectivity index (χ0) is 19.8. The summed E-state index contributed by atoms with van der Waals surface area (Å²) in [5, 5.41) is 8.36. The highest BCUT2D eigenvalue weighted by Crippen LogP contribution is 2.26.